The van der Waals surface area contributed by atoms with Crippen molar-refractivity contribution in [3.8, 4) is 17.1 Å². The van der Waals surface area contributed by atoms with Gasteiger partial charge in [0, 0.05) is 53.5 Å². The molecule has 41 heavy (non-hydrogen) atoms. The smallest absolute Gasteiger partial charge is 0.215 e. The molecule has 2 fully saturated rings. The molecular weight excluding hydrogens is 553 g/mol. The van der Waals surface area contributed by atoms with Gasteiger partial charge in [0.25, 0.3) is 0 Å². The minimum atomic E-state index is -1.58. The lowest BCUT2D eigenvalue weighted by atomic mass is 9.90. The van der Waals surface area contributed by atoms with Gasteiger partial charge in [0.15, 0.2) is 5.82 Å². The summed E-state index contributed by atoms with van der Waals surface area (Å²) in [5, 5.41) is 15.1. The van der Waals surface area contributed by atoms with E-state index in [-0.39, 0.29) is 33.7 Å². The van der Waals surface area contributed by atoms with Gasteiger partial charge in [0.1, 0.15) is 17.3 Å². The van der Waals surface area contributed by atoms with Crippen LogP contribution in [0.15, 0.2) is 41.4 Å². The van der Waals surface area contributed by atoms with Crippen LogP contribution < -0.4 is 4.74 Å². The summed E-state index contributed by atoms with van der Waals surface area (Å²) in [4.78, 5) is 9.24. The molecule has 0 radical (unpaired) electrons. The standard InChI is InChI=1S/C31H30ClF3N4O2/c1-31(2,40)22-12-27(37-30(29(22)35)20-11-23(32)25(34)13-24(20)33)21(17-4-5-17)15-36-14-16-8-19-10-26(18-6-7-18)38-39(19)28(9-16)41-3/h8-14,17-18,21,40H,4-7,15H2,1-3H3. The Hall–Kier alpha value is -3.43. The highest BCUT2D eigenvalue weighted by Gasteiger charge is 2.36. The summed E-state index contributed by atoms with van der Waals surface area (Å²) in [7, 11) is 1.60. The first-order valence-corrected chi connectivity index (χ1v) is 14.1. The Morgan fingerprint density at radius 2 is 1.85 bits per heavy atom. The van der Waals surface area contributed by atoms with Crippen LogP contribution in [0.25, 0.3) is 16.8 Å². The number of nitrogens with zero attached hydrogens (tertiary/aromatic N) is 4. The van der Waals surface area contributed by atoms with E-state index >= 15 is 4.39 Å². The molecule has 6 nitrogen and oxygen atoms in total. The Labute approximate surface area is 240 Å². The number of hydrogen-bond donors (Lipinski definition) is 1. The van der Waals surface area contributed by atoms with Gasteiger partial charge in [0.2, 0.25) is 5.88 Å². The van der Waals surface area contributed by atoms with Crippen molar-refractivity contribution in [1.29, 1.82) is 0 Å². The predicted octanol–water partition coefficient (Wildman–Crippen LogP) is 7.19. The van der Waals surface area contributed by atoms with Gasteiger partial charge in [-0.15, -0.1) is 0 Å². The molecule has 4 aromatic rings. The van der Waals surface area contributed by atoms with Crippen LogP contribution in [-0.2, 0) is 5.60 Å². The Morgan fingerprint density at radius 3 is 2.51 bits per heavy atom. The minimum absolute atomic E-state index is 0.0330. The zero-order chi connectivity index (χ0) is 29.1. The molecule has 0 aliphatic heterocycles. The highest BCUT2D eigenvalue weighted by Crippen LogP contribution is 2.44. The van der Waals surface area contributed by atoms with Crippen molar-refractivity contribution in [2.75, 3.05) is 13.7 Å². The van der Waals surface area contributed by atoms with Crippen molar-refractivity contribution in [2.45, 2.75) is 57.0 Å². The summed E-state index contributed by atoms with van der Waals surface area (Å²) in [6.07, 6.45) is 5.96. The van der Waals surface area contributed by atoms with Crippen LogP contribution in [0.1, 0.15) is 73.9 Å². The second-order valence-corrected chi connectivity index (χ2v) is 11.9. The lowest BCUT2D eigenvalue weighted by molar-refractivity contribution is 0.0743. The van der Waals surface area contributed by atoms with Crippen molar-refractivity contribution < 1.29 is 23.0 Å². The minimum Gasteiger partial charge on any atom is -0.481 e. The molecule has 0 amide bonds. The monoisotopic (exact) mass is 582 g/mol. The summed E-state index contributed by atoms with van der Waals surface area (Å²) < 4.78 is 51.7. The topological polar surface area (TPSA) is 72.0 Å². The van der Waals surface area contributed by atoms with Gasteiger partial charge in [-0.05, 0) is 75.3 Å². The number of pyridine rings is 2. The number of hydrogen-bond acceptors (Lipinski definition) is 5. The molecule has 10 heteroatoms. The number of aromatic nitrogens is 3. The summed E-state index contributed by atoms with van der Waals surface area (Å²) >= 11 is 5.91. The van der Waals surface area contributed by atoms with Crippen molar-refractivity contribution >= 4 is 23.3 Å². The fourth-order valence-corrected chi connectivity index (χ4v) is 5.39. The first kappa shape index (κ1) is 27.7. The first-order chi connectivity index (χ1) is 19.5. The normalized spacial score (nSPS) is 16.6. The molecule has 1 unspecified atom stereocenters. The zero-order valence-electron chi connectivity index (χ0n) is 23.0. The van der Waals surface area contributed by atoms with Gasteiger partial charge in [-0.1, -0.05) is 11.6 Å². The zero-order valence-corrected chi connectivity index (χ0v) is 23.7. The highest BCUT2D eigenvalue weighted by molar-refractivity contribution is 6.31. The molecule has 3 aromatic heterocycles. The third kappa shape index (κ3) is 5.57. The van der Waals surface area contributed by atoms with Crippen LogP contribution in [0.2, 0.25) is 5.02 Å². The fraction of sp³-hybridized carbons (Fsp3) is 0.387. The molecule has 1 atom stereocenters. The second-order valence-electron chi connectivity index (χ2n) is 11.5. The van der Waals surface area contributed by atoms with E-state index < -0.39 is 23.1 Å². The molecular formula is C31H30ClF3N4O2. The van der Waals surface area contributed by atoms with Crippen LogP contribution in [0.5, 0.6) is 5.88 Å². The third-order valence-corrected chi connectivity index (χ3v) is 8.08. The summed E-state index contributed by atoms with van der Waals surface area (Å²) in [6.45, 7) is 3.25. The lowest BCUT2D eigenvalue weighted by Crippen LogP contribution is -2.21. The summed E-state index contributed by atoms with van der Waals surface area (Å²) in [6, 6.07) is 9.10. The molecule has 1 aromatic carbocycles. The number of fused-ring (bicyclic) bond motifs is 1. The van der Waals surface area contributed by atoms with Gasteiger partial charge < -0.3 is 9.84 Å². The van der Waals surface area contributed by atoms with Crippen LogP contribution in [0, 0.1) is 23.4 Å². The van der Waals surface area contributed by atoms with E-state index in [4.69, 9.17) is 21.3 Å². The number of rotatable bonds is 9. The number of aliphatic hydroxyl groups is 1. The molecule has 214 valence electrons. The van der Waals surface area contributed by atoms with E-state index in [1.165, 1.54) is 19.9 Å². The van der Waals surface area contributed by atoms with E-state index in [1.54, 1.807) is 17.8 Å². The van der Waals surface area contributed by atoms with Crippen LogP contribution in [0.3, 0.4) is 0 Å². The summed E-state index contributed by atoms with van der Waals surface area (Å²) in [5.41, 5.74) is 1.11. The number of aliphatic imine (C=N–C) groups is 1. The van der Waals surface area contributed by atoms with Crippen molar-refractivity contribution in [1.82, 2.24) is 14.6 Å². The Balaban J connectivity index is 1.36. The maximum atomic E-state index is 15.7. The average Bonchev–Trinajstić information content (AvgIpc) is 3.86. The van der Waals surface area contributed by atoms with Crippen molar-refractivity contribution in [3.63, 3.8) is 0 Å². The first-order valence-electron chi connectivity index (χ1n) is 13.7. The van der Waals surface area contributed by atoms with Gasteiger partial charge in [-0.3, -0.25) is 4.99 Å². The van der Waals surface area contributed by atoms with Gasteiger partial charge >= 0.3 is 0 Å². The van der Waals surface area contributed by atoms with E-state index in [1.807, 2.05) is 12.1 Å². The Kier molecular flexibility index (Phi) is 7.06. The molecule has 0 bridgehead atoms. The molecule has 2 aliphatic rings. The quantitative estimate of drug-likeness (QED) is 0.167. The molecule has 0 saturated heterocycles. The van der Waals surface area contributed by atoms with E-state index in [0.717, 1.165) is 48.5 Å². The third-order valence-electron chi connectivity index (χ3n) is 7.79. The SMILES string of the molecule is COc1cc(C=NCC(c2cc(C(C)(C)O)c(F)c(-c3cc(Cl)c(F)cc3F)n2)C2CC2)cc2cc(C3CC3)nn12. The van der Waals surface area contributed by atoms with Crippen LogP contribution in [0.4, 0.5) is 13.2 Å². The largest absolute Gasteiger partial charge is 0.481 e. The fourth-order valence-electron chi connectivity index (χ4n) is 5.23. The maximum absolute atomic E-state index is 15.7. The molecule has 3 heterocycles. The predicted molar refractivity (Wildman–Crippen MR) is 151 cm³/mol. The lowest BCUT2D eigenvalue weighted by Gasteiger charge is -2.23. The molecule has 2 saturated carbocycles. The van der Waals surface area contributed by atoms with Crippen molar-refractivity contribution in [3.05, 3.63) is 81.4 Å². The van der Waals surface area contributed by atoms with Crippen molar-refractivity contribution in [2.24, 2.45) is 10.9 Å². The number of ether oxygens (including phenoxy) is 1. The number of methoxy groups -OCH3 is 1. The molecule has 6 rings (SSSR count). The van der Waals surface area contributed by atoms with E-state index in [9.17, 15) is 13.9 Å². The summed E-state index contributed by atoms with van der Waals surface area (Å²) in [5.74, 6) is -1.66. The van der Waals surface area contributed by atoms with E-state index in [2.05, 4.69) is 16.1 Å². The Bertz CT molecular complexity index is 1670. The van der Waals surface area contributed by atoms with Gasteiger partial charge in [-0.25, -0.2) is 22.7 Å². The Morgan fingerprint density at radius 1 is 1.10 bits per heavy atom. The van der Waals surface area contributed by atoms with Gasteiger partial charge in [-0.2, -0.15) is 5.10 Å². The van der Waals surface area contributed by atoms with Gasteiger partial charge in [0.05, 0.1) is 28.9 Å². The number of halogens is 4. The molecule has 0 spiro atoms. The molecule has 2 aliphatic carbocycles. The van der Waals surface area contributed by atoms with E-state index in [0.29, 0.717) is 30.1 Å². The molecule has 1 N–H and O–H groups in total. The average molecular weight is 583 g/mol. The highest BCUT2D eigenvalue weighted by atomic mass is 35.5. The number of benzene rings is 1. The maximum Gasteiger partial charge on any atom is 0.215 e. The van der Waals surface area contributed by atoms with Crippen LogP contribution in [-0.4, -0.2) is 39.6 Å². The second kappa shape index (κ2) is 10.4. The van der Waals surface area contributed by atoms with Crippen LogP contribution >= 0.6 is 11.6 Å².